The number of hydrogen-bond acceptors (Lipinski definition) is 5. The third-order valence-corrected chi connectivity index (χ3v) is 4.96. The Morgan fingerprint density at radius 2 is 1.78 bits per heavy atom. The summed E-state index contributed by atoms with van der Waals surface area (Å²) < 4.78 is 1.47. The zero-order valence-corrected chi connectivity index (χ0v) is 15.0. The molecule has 0 saturated carbocycles. The van der Waals surface area contributed by atoms with Gasteiger partial charge in [-0.2, -0.15) is 9.38 Å². The van der Waals surface area contributed by atoms with Crippen molar-refractivity contribution >= 4 is 34.8 Å². The molecular weight excluding hydrogens is 370 g/mol. The summed E-state index contributed by atoms with van der Waals surface area (Å²) in [6, 6.07) is 12.2. The number of carbonyl (C=O) groups is 1. The summed E-state index contributed by atoms with van der Waals surface area (Å²) >= 11 is 6.12. The molecule has 3 aromatic rings. The summed E-state index contributed by atoms with van der Waals surface area (Å²) in [6.45, 7) is 1.80. The molecular formula is C18H16ClN5O3. The highest BCUT2D eigenvalue weighted by Crippen LogP contribution is 2.29. The Kier molecular flexibility index (Phi) is 4.41. The van der Waals surface area contributed by atoms with Crippen LogP contribution in [0.1, 0.15) is 10.4 Å². The third-order valence-electron chi connectivity index (χ3n) is 4.63. The third kappa shape index (κ3) is 3.08. The second kappa shape index (κ2) is 6.88. The van der Waals surface area contributed by atoms with E-state index in [1.54, 1.807) is 53.6 Å². The Bertz CT molecular complexity index is 1030. The van der Waals surface area contributed by atoms with Crippen LogP contribution < -0.4 is 4.90 Å². The van der Waals surface area contributed by atoms with Crippen molar-refractivity contribution in [3.05, 3.63) is 69.4 Å². The van der Waals surface area contributed by atoms with E-state index in [1.807, 2.05) is 4.90 Å². The van der Waals surface area contributed by atoms with Crippen molar-refractivity contribution in [2.45, 2.75) is 0 Å². The smallest absolute Gasteiger partial charge is 0.358 e. The number of carbonyl (C=O) groups excluding carboxylic acids is 1. The van der Waals surface area contributed by atoms with Crippen molar-refractivity contribution in [2.75, 3.05) is 31.1 Å². The van der Waals surface area contributed by atoms with Gasteiger partial charge in [0.2, 0.25) is 11.5 Å². The van der Waals surface area contributed by atoms with Gasteiger partial charge in [0, 0.05) is 32.2 Å². The minimum absolute atomic E-state index is 0.0588. The number of anilines is 1. The van der Waals surface area contributed by atoms with E-state index < -0.39 is 4.92 Å². The Hall–Kier alpha value is -3.13. The number of fused-ring (bicyclic) bond motifs is 1. The largest absolute Gasteiger partial charge is 0.372 e. The lowest BCUT2D eigenvalue weighted by Crippen LogP contribution is -2.49. The Labute approximate surface area is 159 Å². The van der Waals surface area contributed by atoms with E-state index in [0.717, 1.165) is 0 Å². The number of piperazine rings is 1. The van der Waals surface area contributed by atoms with Gasteiger partial charge in [-0.15, -0.1) is 0 Å². The monoisotopic (exact) mass is 385 g/mol. The number of benzene rings is 1. The van der Waals surface area contributed by atoms with Crippen LogP contribution in [0.15, 0.2) is 48.7 Å². The van der Waals surface area contributed by atoms with Crippen LogP contribution in [0.2, 0.25) is 5.02 Å². The van der Waals surface area contributed by atoms with Crippen LogP contribution in [-0.4, -0.2) is 51.3 Å². The second-order valence-corrected chi connectivity index (χ2v) is 6.61. The van der Waals surface area contributed by atoms with Gasteiger partial charge in [0.25, 0.3) is 5.91 Å². The summed E-state index contributed by atoms with van der Waals surface area (Å²) in [5.74, 6) is 0.136. The van der Waals surface area contributed by atoms with Gasteiger partial charge in [0.15, 0.2) is 0 Å². The van der Waals surface area contributed by atoms with Gasteiger partial charge in [0.05, 0.1) is 16.8 Å². The average Bonchev–Trinajstić information content (AvgIpc) is 3.08. The maximum atomic E-state index is 12.7. The van der Waals surface area contributed by atoms with Gasteiger partial charge in [-0.3, -0.25) is 4.79 Å². The minimum atomic E-state index is -0.420. The van der Waals surface area contributed by atoms with Crippen molar-refractivity contribution < 1.29 is 9.72 Å². The van der Waals surface area contributed by atoms with E-state index >= 15 is 0 Å². The molecule has 1 amide bonds. The molecule has 9 heteroatoms. The summed E-state index contributed by atoms with van der Waals surface area (Å²) in [5, 5.41) is 12.0. The first-order valence-corrected chi connectivity index (χ1v) is 8.84. The standard InChI is InChI=1S/C18H16ClN5O3/c19-14-6-2-1-5-13(14)18(25)22-11-9-21(10-12-22)16-17(24(26)27)23-8-4-3-7-15(23)20-16/h1-8H,9-12H2. The Morgan fingerprint density at radius 3 is 2.48 bits per heavy atom. The molecule has 0 bridgehead atoms. The average molecular weight is 386 g/mol. The molecule has 0 spiro atoms. The number of rotatable bonds is 3. The first-order chi connectivity index (χ1) is 13.1. The van der Waals surface area contributed by atoms with E-state index in [1.165, 1.54) is 4.40 Å². The first-order valence-electron chi connectivity index (χ1n) is 8.46. The quantitative estimate of drug-likeness (QED) is 0.511. The molecule has 3 heterocycles. The van der Waals surface area contributed by atoms with E-state index in [-0.39, 0.29) is 11.7 Å². The maximum Gasteiger partial charge on any atom is 0.372 e. The van der Waals surface area contributed by atoms with Crippen LogP contribution >= 0.6 is 11.6 Å². The number of amides is 1. The number of halogens is 1. The van der Waals surface area contributed by atoms with Crippen molar-refractivity contribution in [2.24, 2.45) is 0 Å². The van der Waals surface area contributed by atoms with Crippen LogP contribution in [0.5, 0.6) is 0 Å². The number of aromatic nitrogens is 2. The lowest BCUT2D eigenvalue weighted by molar-refractivity contribution is -0.389. The van der Waals surface area contributed by atoms with E-state index in [4.69, 9.17) is 11.6 Å². The van der Waals surface area contributed by atoms with Crippen LogP contribution in [0.3, 0.4) is 0 Å². The molecule has 0 atom stereocenters. The summed E-state index contributed by atoms with van der Waals surface area (Å²) in [5.41, 5.74) is 0.986. The highest BCUT2D eigenvalue weighted by molar-refractivity contribution is 6.33. The molecule has 0 N–H and O–H groups in total. The number of nitro groups is 1. The highest BCUT2D eigenvalue weighted by Gasteiger charge is 2.30. The SMILES string of the molecule is O=C(c1ccccc1Cl)N1CCN(c2nc3ccccn3c2[N+](=O)[O-])CC1. The van der Waals surface area contributed by atoms with Gasteiger partial charge < -0.3 is 19.9 Å². The van der Waals surface area contributed by atoms with Gasteiger partial charge in [-0.25, -0.2) is 0 Å². The summed E-state index contributed by atoms with van der Waals surface area (Å²) in [7, 11) is 0. The number of pyridine rings is 1. The molecule has 4 rings (SSSR count). The zero-order valence-electron chi connectivity index (χ0n) is 14.3. The van der Waals surface area contributed by atoms with Gasteiger partial charge in [-0.05, 0) is 23.1 Å². The van der Waals surface area contributed by atoms with Crippen molar-refractivity contribution in [1.82, 2.24) is 14.3 Å². The van der Waals surface area contributed by atoms with Gasteiger partial charge >= 0.3 is 5.82 Å². The molecule has 0 aliphatic carbocycles. The minimum Gasteiger partial charge on any atom is -0.358 e. The predicted octanol–water partition coefficient (Wildman–Crippen LogP) is 2.86. The molecule has 0 unspecified atom stereocenters. The number of imidazole rings is 1. The molecule has 27 heavy (non-hydrogen) atoms. The lowest BCUT2D eigenvalue weighted by atomic mass is 10.2. The van der Waals surface area contributed by atoms with Crippen LogP contribution in [0.4, 0.5) is 11.6 Å². The molecule has 1 saturated heterocycles. The Morgan fingerprint density at radius 1 is 1.07 bits per heavy atom. The highest BCUT2D eigenvalue weighted by atomic mass is 35.5. The number of nitrogens with zero attached hydrogens (tertiary/aromatic N) is 5. The molecule has 1 aromatic carbocycles. The second-order valence-electron chi connectivity index (χ2n) is 6.20. The van der Waals surface area contributed by atoms with Crippen LogP contribution in [0.25, 0.3) is 5.65 Å². The normalized spacial score (nSPS) is 14.6. The fourth-order valence-electron chi connectivity index (χ4n) is 3.28. The van der Waals surface area contributed by atoms with Crippen LogP contribution in [0, 0.1) is 10.1 Å². The zero-order chi connectivity index (χ0) is 19.0. The van der Waals surface area contributed by atoms with Crippen LogP contribution in [-0.2, 0) is 0 Å². The molecule has 1 fully saturated rings. The maximum absolute atomic E-state index is 12.7. The van der Waals surface area contributed by atoms with Crippen molar-refractivity contribution in [3.63, 3.8) is 0 Å². The first kappa shape index (κ1) is 17.3. The predicted molar refractivity (Wildman–Crippen MR) is 101 cm³/mol. The van der Waals surface area contributed by atoms with Crippen molar-refractivity contribution in [1.29, 1.82) is 0 Å². The fourth-order valence-corrected chi connectivity index (χ4v) is 3.50. The number of hydrogen-bond donors (Lipinski definition) is 0. The topological polar surface area (TPSA) is 84.0 Å². The lowest BCUT2D eigenvalue weighted by Gasteiger charge is -2.34. The van der Waals surface area contributed by atoms with Gasteiger partial charge in [-0.1, -0.05) is 29.8 Å². The summed E-state index contributed by atoms with van der Waals surface area (Å²) in [4.78, 5) is 31.8. The molecule has 2 aromatic heterocycles. The Balaban J connectivity index is 1.56. The molecule has 138 valence electrons. The molecule has 0 radical (unpaired) electrons. The molecule has 1 aliphatic heterocycles. The van der Waals surface area contributed by atoms with E-state index in [9.17, 15) is 14.9 Å². The van der Waals surface area contributed by atoms with Gasteiger partial charge in [0.1, 0.15) is 0 Å². The van der Waals surface area contributed by atoms with E-state index in [0.29, 0.717) is 48.2 Å². The van der Waals surface area contributed by atoms with E-state index in [2.05, 4.69) is 4.98 Å². The summed E-state index contributed by atoms with van der Waals surface area (Å²) in [6.07, 6.45) is 1.63. The molecule has 8 nitrogen and oxygen atoms in total. The molecule has 1 aliphatic rings. The fraction of sp³-hybridized carbons (Fsp3) is 0.222. The van der Waals surface area contributed by atoms with Crippen molar-refractivity contribution in [3.8, 4) is 0 Å².